The van der Waals surface area contributed by atoms with Crippen molar-refractivity contribution >= 4 is 5.97 Å². The van der Waals surface area contributed by atoms with Crippen molar-refractivity contribution < 1.29 is 9.90 Å². The molecule has 3 nitrogen and oxygen atoms in total. The topological polar surface area (TPSA) is 40.5 Å². The maximum Gasteiger partial charge on any atom is 0.303 e. The smallest absolute Gasteiger partial charge is 0.303 e. The van der Waals surface area contributed by atoms with Crippen LogP contribution < -0.4 is 0 Å². The van der Waals surface area contributed by atoms with Crippen LogP contribution in [0.15, 0.2) is 0 Å². The first-order valence-electron chi connectivity index (χ1n) is 5.96. The zero-order chi connectivity index (χ0) is 11.7. The van der Waals surface area contributed by atoms with Crippen LogP contribution in [0.25, 0.3) is 0 Å². The first-order valence-corrected chi connectivity index (χ1v) is 5.96. The predicted octanol–water partition coefficient (Wildman–Crippen LogP) is 2.61. The lowest BCUT2D eigenvalue weighted by molar-refractivity contribution is -0.137. The Bertz CT molecular complexity index is 171. The molecule has 0 radical (unpaired) electrons. The molecule has 1 N–H and O–H groups in total. The maximum absolute atomic E-state index is 10.3. The van der Waals surface area contributed by atoms with E-state index in [0.29, 0.717) is 6.42 Å². The number of carboxylic acids is 1. The lowest BCUT2D eigenvalue weighted by Gasteiger charge is -2.20. The second-order valence-corrected chi connectivity index (χ2v) is 4.48. The van der Waals surface area contributed by atoms with E-state index in [9.17, 15) is 4.79 Å². The standard InChI is InChI=1S/C12H25NO2/c1-4-11(2)10-13(3)9-7-5-6-8-12(14)15/h11H,4-10H2,1-3H3,(H,14,15). The van der Waals surface area contributed by atoms with E-state index in [2.05, 4.69) is 25.8 Å². The molecule has 0 bridgehead atoms. The van der Waals surface area contributed by atoms with Gasteiger partial charge in [-0.2, -0.15) is 0 Å². The minimum Gasteiger partial charge on any atom is -0.481 e. The van der Waals surface area contributed by atoms with Crippen molar-refractivity contribution in [2.24, 2.45) is 5.92 Å². The van der Waals surface area contributed by atoms with Gasteiger partial charge in [0.2, 0.25) is 0 Å². The van der Waals surface area contributed by atoms with Crippen LogP contribution in [0.4, 0.5) is 0 Å². The van der Waals surface area contributed by atoms with Crippen LogP contribution in [0.3, 0.4) is 0 Å². The molecule has 0 aromatic rings. The molecule has 0 heterocycles. The van der Waals surface area contributed by atoms with Gasteiger partial charge in [0.05, 0.1) is 0 Å². The average Bonchev–Trinajstić information content (AvgIpc) is 2.16. The molecule has 0 rings (SSSR count). The molecule has 0 saturated heterocycles. The van der Waals surface area contributed by atoms with Crippen LogP contribution in [0.5, 0.6) is 0 Å². The number of carboxylic acid groups (broad SMARTS) is 1. The summed E-state index contributed by atoms with van der Waals surface area (Å²) < 4.78 is 0. The second-order valence-electron chi connectivity index (χ2n) is 4.48. The van der Waals surface area contributed by atoms with Crippen LogP contribution in [0.2, 0.25) is 0 Å². The van der Waals surface area contributed by atoms with E-state index in [1.807, 2.05) is 0 Å². The normalized spacial score (nSPS) is 13.1. The fraction of sp³-hybridized carbons (Fsp3) is 0.917. The minimum atomic E-state index is -0.678. The van der Waals surface area contributed by atoms with E-state index in [-0.39, 0.29) is 0 Å². The minimum absolute atomic E-state index is 0.315. The van der Waals surface area contributed by atoms with Gasteiger partial charge < -0.3 is 10.0 Å². The van der Waals surface area contributed by atoms with E-state index >= 15 is 0 Å². The number of hydrogen-bond donors (Lipinski definition) is 1. The van der Waals surface area contributed by atoms with Gasteiger partial charge in [-0.25, -0.2) is 0 Å². The highest BCUT2D eigenvalue weighted by atomic mass is 16.4. The molecule has 0 amide bonds. The zero-order valence-corrected chi connectivity index (χ0v) is 10.3. The molecule has 0 aliphatic heterocycles. The molecule has 0 aromatic heterocycles. The van der Waals surface area contributed by atoms with Crippen molar-refractivity contribution in [2.75, 3.05) is 20.1 Å². The Balaban J connectivity index is 3.31. The molecule has 15 heavy (non-hydrogen) atoms. The van der Waals surface area contributed by atoms with Crippen LogP contribution in [-0.2, 0) is 4.79 Å². The number of aliphatic carboxylic acids is 1. The monoisotopic (exact) mass is 215 g/mol. The highest BCUT2D eigenvalue weighted by molar-refractivity contribution is 5.66. The molecule has 0 aliphatic rings. The molecule has 0 aliphatic carbocycles. The molecule has 1 unspecified atom stereocenters. The first kappa shape index (κ1) is 14.4. The maximum atomic E-state index is 10.3. The second kappa shape index (κ2) is 8.72. The molecular formula is C12H25NO2. The quantitative estimate of drug-likeness (QED) is 0.601. The van der Waals surface area contributed by atoms with Crippen LogP contribution in [-0.4, -0.2) is 36.1 Å². The van der Waals surface area contributed by atoms with Crippen molar-refractivity contribution in [3.05, 3.63) is 0 Å². The highest BCUT2D eigenvalue weighted by Gasteiger charge is 2.04. The number of rotatable bonds is 9. The van der Waals surface area contributed by atoms with Gasteiger partial charge in [-0.05, 0) is 32.4 Å². The van der Waals surface area contributed by atoms with E-state index in [0.717, 1.165) is 38.3 Å². The Morgan fingerprint density at radius 3 is 2.53 bits per heavy atom. The molecule has 0 fully saturated rings. The largest absolute Gasteiger partial charge is 0.481 e. The van der Waals surface area contributed by atoms with Crippen LogP contribution in [0, 0.1) is 5.92 Å². The van der Waals surface area contributed by atoms with Gasteiger partial charge in [0.1, 0.15) is 0 Å². The van der Waals surface area contributed by atoms with Crippen molar-refractivity contribution in [3.8, 4) is 0 Å². The predicted molar refractivity (Wildman–Crippen MR) is 63.1 cm³/mol. The number of unbranched alkanes of at least 4 members (excludes halogenated alkanes) is 2. The Kier molecular flexibility index (Phi) is 8.38. The molecule has 90 valence electrons. The lowest BCUT2D eigenvalue weighted by Crippen LogP contribution is -2.25. The van der Waals surface area contributed by atoms with Gasteiger partial charge in [-0.15, -0.1) is 0 Å². The molecule has 1 atom stereocenters. The number of carbonyl (C=O) groups is 1. The molecular weight excluding hydrogens is 190 g/mol. The lowest BCUT2D eigenvalue weighted by atomic mass is 10.1. The van der Waals surface area contributed by atoms with E-state index in [4.69, 9.17) is 5.11 Å². The van der Waals surface area contributed by atoms with Crippen molar-refractivity contribution in [1.82, 2.24) is 4.90 Å². The van der Waals surface area contributed by atoms with Gasteiger partial charge in [0, 0.05) is 13.0 Å². The summed E-state index contributed by atoms with van der Waals surface area (Å²) in [7, 11) is 2.14. The molecule has 0 spiro atoms. The van der Waals surface area contributed by atoms with Crippen molar-refractivity contribution in [1.29, 1.82) is 0 Å². The summed E-state index contributed by atoms with van der Waals surface area (Å²) in [5.41, 5.74) is 0. The summed E-state index contributed by atoms with van der Waals surface area (Å²) in [6.07, 6.45) is 4.49. The Morgan fingerprint density at radius 1 is 1.33 bits per heavy atom. The molecule has 0 aromatic carbocycles. The SMILES string of the molecule is CCC(C)CN(C)CCCCCC(=O)O. The fourth-order valence-corrected chi connectivity index (χ4v) is 1.59. The third-order valence-electron chi connectivity index (χ3n) is 2.75. The van der Waals surface area contributed by atoms with E-state index in [1.54, 1.807) is 0 Å². The van der Waals surface area contributed by atoms with E-state index < -0.39 is 5.97 Å². The van der Waals surface area contributed by atoms with Gasteiger partial charge in [-0.3, -0.25) is 4.79 Å². The van der Waals surface area contributed by atoms with Gasteiger partial charge in [-0.1, -0.05) is 26.7 Å². The summed E-state index contributed by atoms with van der Waals surface area (Å²) >= 11 is 0. The summed E-state index contributed by atoms with van der Waals surface area (Å²) in [6, 6.07) is 0. The van der Waals surface area contributed by atoms with Gasteiger partial charge >= 0.3 is 5.97 Å². The summed E-state index contributed by atoms with van der Waals surface area (Å²) in [4.78, 5) is 12.6. The summed E-state index contributed by atoms with van der Waals surface area (Å²) in [6.45, 7) is 6.71. The van der Waals surface area contributed by atoms with Gasteiger partial charge in [0.25, 0.3) is 0 Å². The molecule has 3 heteroatoms. The number of hydrogen-bond acceptors (Lipinski definition) is 2. The third-order valence-corrected chi connectivity index (χ3v) is 2.75. The van der Waals surface area contributed by atoms with Gasteiger partial charge in [0.15, 0.2) is 0 Å². The van der Waals surface area contributed by atoms with Crippen LogP contribution >= 0.6 is 0 Å². The zero-order valence-electron chi connectivity index (χ0n) is 10.3. The van der Waals surface area contributed by atoms with Crippen molar-refractivity contribution in [2.45, 2.75) is 46.0 Å². The van der Waals surface area contributed by atoms with Crippen LogP contribution in [0.1, 0.15) is 46.0 Å². The Hall–Kier alpha value is -0.570. The van der Waals surface area contributed by atoms with E-state index in [1.165, 1.54) is 6.42 Å². The summed E-state index contributed by atoms with van der Waals surface area (Å²) in [5, 5.41) is 8.46. The Morgan fingerprint density at radius 2 is 2.00 bits per heavy atom. The third kappa shape index (κ3) is 9.73. The number of nitrogens with zero attached hydrogens (tertiary/aromatic N) is 1. The highest BCUT2D eigenvalue weighted by Crippen LogP contribution is 2.05. The molecule has 0 saturated carbocycles. The average molecular weight is 215 g/mol. The van der Waals surface area contributed by atoms with Crippen molar-refractivity contribution in [3.63, 3.8) is 0 Å². The summed E-state index contributed by atoms with van der Waals surface area (Å²) in [5.74, 6) is 0.0805. The first-order chi connectivity index (χ1) is 7.06. The Labute approximate surface area is 93.5 Å². The fourth-order valence-electron chi connectivity index (χ4n) is 1.59.